The molecule has 0 atom stereocenters. The smallest absolute Gasteiger partial charge is 0.317 e. The van der Waals surface area contributed by atoms with E-state index >= 15 is 0 Å². The van der Waals surface area contributed by atoms with Gasteiger partial charge in [-0.1, -0.05) is 12.1 Å². The lowest BCUT2D eigenvalue weighted by Gasteiger charge is -2.34. The predicted molar refractivity (Wildman–Crippen MR) is 99.9 cm³/mol. The van der Waals surface area contributed by atoms with Gasteiger partial charge in [-0.15, -0.1) is 0 Å². The maximum atomic E-state index is 12.3. The highest BCUT2D eigenvalue weighted by atomic mass is 16.5. The van der Waals surface area contributed by atoms with Crippen molar-refractivity contribution in [3.63, 3.8) is 0 Å². The summed E-state index contributed by atoms with van der Waals surface area (Å²) in [6.45, 7) is 4.91. The van der Waals surface area contributed by atoms with E-state index in [-0.39, 0.29) is 24.8 Å². The van der Waals surface area contributed by atoms with Crippen LogP contribution in [0.5, 0.6) is 5.75 Å². The van der Waals surface area contributed by atoms with E-state index in [1.165, 1.54) is 5.56 Å². The fourth-order valence-electron chi connectivity index (χ4n) is 3.33. The third-order valence-electron chi connectivity index (χ3n) is 4.93. The molecule has 1 saturated carbocycles. The molecule has 2 N–H and O–H groups in total. The Kier molecular flexibility index (Phi) is 7.56. The minimum Gasteiger partial charge on any atom is -0.491 e. The molecule has 0 spiro atoms. The van der Waals surface area contributed by atoms with Crippen molar-refractivity contribution in [3.05, 3.63) is 29.8 Å². The van der Waals surface area contributed by atoms with Crippen LogP contribution in [-0.2, 0) is 6.42 Å². The number of nitrogens with zero attached hydrogens (tertiary/aromatic N) is 1. The van der Waals surface area contributed by atoms with Crippen LogP contribution in [0.15, 0.2) is 24.3 Å². The number of aliphatic hydroxyl groups excluding tert-OH is 1. The zero-order valence-corrected chi connectivity index (χ0v) is 15.7. The summed E-state index contributed by atoms with van der Waals surface area (Å²) >= 11 is 0. The molecule has 140 valence electrons. The van der Waals surface area contributed by atoms with Gasteiger partial charge >= 0.3 is 6.03 Å². The van der Waals surface area contributed by atoms with Crippen LogP contribution < -0.4 is 10.1 Å². The predicted octanol–water partition coefficient (Wildman–Crippen LogP) is 3.21. The van der Waals surface area contributed by atoms with Crippen molar-refractivity contribution in [2.45, 2.75) is 58.1 Å². The SMILES string of the molecule is CC(C)Oc1ccc(CCNC(=O)N(C)C2CCC(CO)CC2)cc1. The number of urea groups is 1. The fourth-order valence-corrected chi connectivity index (χ4v) is 3.33. The fraction of sp³-hybridized carbons (Fsp3) is 0.650. The van der Waals surface area contributed by atoms with E-state index in [4.69, 9.17) is 4.74 Å². The summed E-state index contributed by atoms with van der Waals surface area (Å²) in [7, 11) is 1.87. The summed E-state index contributed by atoms with van der Waals surface area (Å²) in [5.41, 5.74) is 1.18. The number of amides is 2. The van der Waals surface area contributed by atoms with E-state index in [1.807, 2.05) is 50.1 Å². The Morgan fingerprint density at radius 3 is 2.44 bits per heavy atom. The molecule has 0 unspecified atom stereocenters. The van der Waals surface area contributed by atoms with Gasteiger partial charge in [-0.2, -0.15) is 0 Å². The van der Waals surface area contributed by atoms with Crippen LogP contribution in [0.3, 0.4) is 0 Å². The second-order valence-corrected chi connectivity index (χ2v) is 7.26. The number of aliphatic hydroxyl groups is 1. The Bertz CT molecular complexity index is 522. The van der Waals surface area contributed by atoms with Gasteiger partial charge in [0, 0.05) is 26.2 Å². The number of nitrogens with one attached hydrogen (secondary N) is 1. The highest BCUT2D eigenvalue weighted by Gasteiger charge is 2.25. The van der Waals surface area contributed by atoms with E-state index in [0.717, 1.165) is 37.9 Å². The van der Waals surface area contributed by atoms with E-state index in [0.29, 0.717) is 12.5 Å². The summed E-state index contributed by atoms with van der Waals surface area (Å²) in [4.78, 5) is 14.1. The van der Waals surface area contributed by atoms with E-state index in [9.17, 15) is 9.90 Å². The van der Waals surface area contributed by atoms with Gasteiger partial charge in [-0.25, -0.2) is 4.79 Å². The Balaban J connectivity index is 1.71. The van der Waals surface area contributed by atoms with Crippen LogP contribution in [0.4, 0.5) is 4.79 Å². The number of carbonyl (C=O) groups excluding carboxylic acids is 1. The lowest BCUT2D eigenvalue weighted by Crippen LogP contribution is -2.45. The molecule has 25 heavy (non-hydrogen) atoms. The lowest BCUT2D eigenvalue weighted by molar-refractivity contribution is 0.134. The van der Waals surface area contributed by atoms with Gasteiger partial charge in [-0.3, -0.25) is 0 Å². The highest BCUT2D eigenvalue weighted by molar-refractivity contribution is 5.74. The molecule has 1 aromatic carbocycles. The topological polar surface area (TPSA) is 61.8 Å². The summed E-state index contributed by atoms with van der Waals surface area (Å²) in [5, 5.41) is 12.2. The van der Waals surface area contributed by atoms with E-state index in [2.05, 4.69) is 5.32 Å². The first kappa shape index (κ1) is 19.6. The van der Waals surface area contributed by atoms with Crippen LogP contribution in [0.25, 0.3) is 0 Å². The molecule has 5 heteroatoms. The average Bonchev–Trinajstić information content (AvgIpc) is 2.62. The monoisotopic (exact) mass is 348 g/mol. The van der Waals surface area contributed by atoms with Gasteiger partial charge in [0.05, 0.1) is 6.10 Å². The molecular weight excluding hydrogens is 316 g/mol. The molecule has 0 aromatic heterocycles. The zero-order chi connectivity index (χ0) is 18.2. The van der Waals surface area contributed by atoms with Gasteiger partial charge in [0.15, 0.2) is 0 Å². The number of ether oxygens (including phenoxy) is 1. The highest BCUT2D eigenvalue weighted by Crippen LogP contribution is 2.26. The van der Waals surface area contributed by atoms with Crippen LogP contribution in [0, 0.1) is 5.92 Å². The molecule has 1 aromatic rings. The van der Waals surface area contributed by atoms with Gasteiger partial charge in [-0.05, 0) is 69.6 Å². The standard InChI is InChI=1S/C20H32N2O3/c1-15(2)25-19-10-6-16(7-11-19)12-13-21-20(24)22(3)18-8-4-17(14-23)5-9-18/h6-7,10-11,15,17-18,23H,4-5,8-9,12-14H2,1-3H3,(H,21,24). The maximum absolute atomic E-state index is 12.3. The third-order valence-corrected chi connectivity index (χ3v) is 4.93. The van der Waals surface area contributed by atoms with Crippen molar-refractivity contribution in [2.24, 2.45) is 5.92 Å². The second-order valence-electron chi connectivity index (χ2n) is 7.26. The van der Waals surface area contributed by atoms with Crippen molar-refractivity contribution >= 4 is 6.03 Å². The van der Waals surface area contributed by atoms with Crippen LogP contribution in [0.1, 0.15) is 45.1 Å². The number of hydrogen-bond donors (Lipinski definition) is 2. The Labute approximate surface area is 151 Å². The number of carbonyl (C=O) groups is 1. The molecule has 0 heterocycles. The molecule has 1 aliphatic carbocycles. The average molecular weight is 348 g/mol. The van der Waals surface area contributed by atoms with E-state index < -0.39 is 0 Å². The number of hydrogen-bond acceptors (Lipinski definition) is 3. The van der Waals surface area contributed by atoms with Crippen LogP contribution >= 0.6 is 0 Å². The zero-order valence-electron chi connectivity index (χ0n) is 15.7. The van der Waals surface area contributed by atoms with Gasteiger partial charge in [0.1, 0.15) is 5.75 Å². The molecule has 0 radical (unpaired) electrons. The quantitative estimate of drug-likeness (QED) is 0.795. The summed E-state index contributed by atoms with van der Waals surface area (Å²) in [6, 6.07) is 8.32. The van der Waals surface area contributed by atoms with Gasteiger partial charge in [0.25, 0.3) is 0 Å². The molecule has 1 aliphatic rings. The number of rotatable bonds is 7. The summed E-state index contributed by atoms with van der Waals surface area (Å²) < 4.78 is 5.63. The molecule has 0 bridgehead atoms. The Hall–Kier alpha value is -1.75. The largest absolute Gasteiger partial charge is 0.491 e. The summed E-state index contributed by atoms with van der Waals surface area (Å²) in [6.07, 6.45) is 4.94. The molecule has 0 aliphatic heterocycles. The van der Waals surface area contributed by atoms with Gasteiger partial charge < -0.3 is 20.1 Å². The molecular formula is C20H32N2O3. The summed E-state index contributed by atoms with van der Waals surface area (Å²) in [5.74, 6) is 1.29. The van der Waals surface area contributed by atoms with Crippen LogP contribution in [-0.4, -0.2) is 48.4 Å². The number of benzene rings is 1. The van der Waals surface area contributed by atoms with Crippen molar-refractivity contribution in [1.29, 1.82) is 0 Å². The lowest BCUT2D eigenvalue weighted by atomic mass is 9.86. The van der Waals surface area contributed by atoms with Crippen molar-refractivity contribution in [3.8, 4) is 5.75 Å². The van der Waals surface area contributed by atoms with Crippen molar-refractivity contribution < 1.29 is 14.6 Å². The van der Waals surface area contributed by atoms with Gasteiger partial charge in [0.2, 0.25) is 0 Å². The van der Waals surface area contributed by atoms with Crippen molar-refractivity contribution in [2.75, 3.05) is 20.2 Å². The minimum atomic E-state index is -0.00721. The Morgan fingerprint density at radius 1 is 1.24 bits per heavy atom. The second kappa shape index (κ2) is 9.66. The van der Waals surface area contributed by atoms with E-state index in [1.54, 1.807) is 0 Å². The third kappa shape index (κ3) is 6.24. The minimum absolute atomic E-state index is 0.00721. The maximum Gasteiger partial charge on any atom is 0.317 e. The molecule has 2 rings (SSSR count). The first-order chi connectivity index (χ1) is 12.0. The molecule has 0 saturated heterocycles. The first-order valence-electron chi connectivity index (χ1n) is 9.36. The normalized spacial score (nSPS) is 20.4. The van der Waals surface area contributed by atoms with Crippen molar-refractivity contribution in [1.82, 2.24) is 10.2 Å². The van der Waals surface area contributed by atoms with Crippen LogP contribution in [0.2, 0.25) is 0 Å². The Morgan fingerprint density at radius 2 is 1.88 bits per heavy atom. The molecule has 1 fully saturated rings. The first-order valence-corrected chi connectivity index (χ1v) is 9.36. The molecule has 2 amide bonds. The molecule has 5 nitrogen and oxygen atoms in total.